The summed E-state index contributed by atoms with van der Waals surface area (Å²) >= 11 is 0. The largest absolute Gasteiger partial charge is 0.307 e. The molecule has 134 valence electrons. The second-order valence-electron chi connectivity index (χ2n) is 10.7. The molecule has 1 unspecified atom stereocenters. The molecule has 0 aromatic carbocycles. The molecular formula is C21H45N. The first kappa shape index (κ1) is 22.0. The highest BCUT2D eigenvalue weighted by Gasteiger charge is 2.38. The van der Waals surface area contributed by atoms with Gasteiger partial charge in [-0.3, -0.25) is 0 Å². The van der Waals surface area contributed by atoms with Gasteiger partial charge in [-0.1, -0.05) is 61.8 Å². The average molecular weight is 312 g/mol. The number of rotatable bonds is 9. The summed E-state index contributed by atoms with van der Waals surface area (Å²) in [5.74, 6) is 1.46. The van der Waals surface area contributed by atoms with Gasteiger partial charge < -0.3 is 5.32 Å². The Morgan fingerprint density at radius 1 is 0.682 bits per heavy atom. The minimum atomic E-state index is 0.156. The zero-order valence-electron chi connectivity index (χ0n) is 17.8. The molecule has 1 nitrogen and oxygen atoms in total. The molecule has 0 amide bonds. The lowest BCUT2D eigenvalue weighted by molar-refractivity contribution is 0.0978. The molecule has 0 heterocycles. The molecule has 0 saturated heterocycles. The number of hydrogen-bond acceptors (Lipinski definition) is 1. The van der Waals surface area contributed by atoms with Crippen LogP contribution in [0.4, 0.5) is 0 Å². The Bertz CT molecular complexity index is 334. The summed E-state index contributed by atoms with van der Waals surface area (Å²) in [5, 5.41) is 3.98. The van der Waals surface area contributed by atoms with E-state index in [1.54, 1.807) is 0 Å². The topological polar surface area (TPSA) is 12.0 Å². The summed E-state index contributed by atoms with van der Waals surface area (Å²) in [6.45, 7) is 28.5. The highest BCUT2D eigenvalue weighted by atomic mass is 15.0. The summed E-state index contributed by atoms with van der Waals surface area (Å²) < 4.78 is 0. The first-order chi connectivity index (χ1) is 9.55. The molecule has 0 saturated carbocycles. The van der Waals surface area contributed by atoms with Gasteiger partial charge in [-0.25, -0.2) is 0 Å². The van der Waals surface area contributed by atoms with E-state index < -0.39 is 0 Å². The Labute approximate surface area is 142 Å². The third-order valence-corrected chi connectivity index (χ3v) is 5.98. The van der Waals surface area contributed by atoms with Crippen molar-refractivity contribution in [1.29, 1.82) is 0 Å². The maximum atomic E-state index is 3.98. The molecule has 0 radical (unpaired) electrons. The van der Waals surface area contributed by atoms with Gasteiger partial charge in [0.15, 0.2) is 0 Å². The van der Waals surface area contributed by atoms with Gasteiger partial charge in [-0.2, -0.15) is 0 Å². The van der Waals surface area contributed by atoms with Crippen molar-refractivity contribution in [2.45, 2.75) is 113 Å². The van der Waals surface area contributed by atoms with Gasteiger partial charge >= 0.3 is 0 Å². The normalized spacial score (nSPS) is 16.2. The molecule has 1 heteroatoms. The fraction of sp³-hybridized carbons (Fsp3) is 1.00. The van der Waals surface area contributed by atoms with E-state index in [1.165, 1.54) is 19.3 Å². The number of hydrogen-bond donors (Lipinski definition) is 1. The van der Waals surface area contributed by atoms with Crippen LogP contribution in [-0.2, 0) is 0 Å². The van der Waals surface area contributed by atoms with E-state index in [0.717, 1.165) is 5.92 Å². The lowest BCUT2D eigenvalue weighted by atomic mass is 9.69. The summed E-state index contributed by atoms with van der Waals surface area (Å²) in [6, 6.07) is 0. The monoisotopic (exact) mass is 311 g/mol. The van der Waals surface area contributed by atoms with Gasteiger partial charge in [0.1, 0.15) is 0 Å². The van der Waals surface area contributed by atoms with Crippen LogP contribution in [0.1, 0.15) is 102 Å². The van der Waals surface area contributed by atoms with Crippen molar-refractivity contribution in [3.8, 4) is 0 Å². The van der Waals surface area contributed by atoms with E-state index in [2.05, 4.69) is 88.4 Å². The van der Waals surface area contributed by atoms with Crippen molar-refractivity contribution < 1.29 is 0 Å². The molecule has 0 spiro atoms. The fourth-order valence-electron chi connectivity index (χ4n) is 4.21. The fourth-order valence-corrected chi connectivity index (χ4v) is 4.21. The van der Waals surface area contributed by atoms with Crippen molar-refractivity contribution in [1.82, 2.24) is 5.32 Å². The van der Waals surface area contributed by atoms with Crippen LogP contribution in [0.5, 0.6) is 0 Å². The molecule has 0 rings (SSSR count). The lowest BCUT2D eigenvalue weighted by Gasteiger charge is -2.46. The minimum Gasteiger partial charge on any atom is -0.307 e. The first-order valence-corrected chi connectivity index (χ1v) is 9.34. The Morgan fingerprint density at radius 3 is 1.36 bits per heavy atom. The second kappa shape index (κ2) is 7.24. The third kappa shape index (κ3) is 7.02. The highest BCUT2D eigenvalue weighted by molar-refractivity contribution is 4.95. The molecule has 1 atom stereocenters. The summed E-state index contributed by atoms with van der Waals surface area (Å²) in [6.07, 6.45) is 3.66. The Kier molecular flexibility index (Phi) is 7.23. The van der Waals surface area contributed by atoms with Crippen molar-refractivity contribution in [2.24, 2.45) is 22.7 Å². The molecule has 0 aliphatic carbocycles. The van der Waals surface area contributed by atoms with Crippen LogP contribution >= 0.6 is 0 Å². The molecule has 0 aromatic rings. The summed E-state index contributed by atoms with van der Waals surface area (Å²) in [7, 11) is 0. The van der Waals surface area contributed by atoms with Gasteiger partial charge in [0.2, 0.25) is 0 Å². The lowest BCUT2D eigenvalue weighted by Crippen LogP contribution is -2.55. The van der Waals surface area contributed by atoms with Crippen LogP contribution in [0.25, 0.3) is 0 Å². The van der Waals surface area contributed by atoms with E-state index in [9.17, 15) is 0 Å². The van der Waals surface area contributed by atoms with E-state index in [0.29, 0.717) is 16.7 Å². The van der Waals surface area contributed by atoms with Crippen molar-refractivity contribution in [2.75, 3.05) is 0 Å². The van der Waals surface area contributed by atoms with Gasteiger partial charge in [-0.05, 0) is 63.2 Å². The standard InChI is InChI=1S/C21H45N/c1-13-17(4)19(7,8)15-21(11,12)22-20(9,10)14-18(5,6)16(2)3/h16-17,22H,13-15H2,1-12H3. The van der Waals surface area contributed by atoms with Crippen LogP contribution in [0.3, 0.4) is 0 Å². The first-order valence-electron chi connectivity index (χ1n) is 9.34. The molecule has 0 fully saturated rings. The molecule has 0 bridgehead atoms. The van der Waals surface area contributed by atoms with Crippen LogP contribution < -0.4 is 5.32 Å². The summed E-state index contributed by atoms with van der Waals surface area (Å²) in [5.41, 5.74) is 1.04. The smallest absolute Gasteiger partial charge is 0.0135 e. The zero-order chi connectivity index (χ0) is 18.0. The predicted molar refractivity (Wildman–Crippen MR) is 102 cm³/mol. The van der Waals surface area contributed by atoms with Crippen LogP contribution in [0, 0.1) is 22.7 Å². The van der Waals surface area contributed by atoms with Gasteiger partial charge in [0.05, 0.1) is 0 Å². The number of nitrogens with one attached hydrogen (secondary N) is 1. The van der Waals surface area contributed by atoms with Crippen molar-refractivity contribution >= 4 is 0 Å². The quantitative estimate of drug-likeness (QED) is 0.501. The van der Waals surface area contributed by atoms with Gasteiger partial charge in [0.25, 0.3) is 0 Å². The predicted octanol–water partition coefficient (Wildman–Crippen LogP) is 6.67. The molecular weight excluding hydrogens is 266 g/mol. The van der Waals surface area contributed by atoms with Crippen LogP contribution in [0.2, 0.25) is 0 Å². The maximum absolute atomic E-state index is 3.98. The van der Waals surface area contributed by atoms with E-state index in [4.69, 9.17) is 0 Å². The Morgan fingerprint density at radius 2 is 1.05 bits per heavy atom. The van der Waals surface area contributed by atoms with Gasteiger partial charge in [-0.15, -0.1) is 0 Å². The second-order valence-corrected chi connectivity index (χ2v) is 10.7. The third-order valence-electron chi connectivity index (χ3n) is 5.98. The minimum absolute atomic E-state index is 0.156. The molecule has 0 aromatic heterocycles. The Hall–Kier alpha value is -0.0400. The maximum Gasteiger partial charge on any atom is 0.0135 e. The van der Waals surface area contributed by atoms with Gasteiger partial charge in [0, 0.05) is 11.1 Å². The van der Waals surface area contributed by atoms with E-state index in [-0.39, 0.29) is 11.1 Å². The highest BCUT2D eigenvalue weighted by Crippen LogP contribution is 2.40. The SMILES string of the molecule is CCC(C)C(C)(C)CC(C)(C)NC(C)(C)CC(C)(C)C(C)C. The zero-order valence-corrected chi connectivity index (χ0v) is 17.8. The molecule has 1 N–H and O–H groups in total. The average Bonchev–Trinajstić information content (AvgIpc) is 2.22. The Balaban J connectivity index is 4.96. The van der Waals surface area contributed by atoms with Crippen molar-refractivity contribution in [3.05, 3.63) is 0 Å². The molecule has 0 aliphatic heterocycles. The van der Waals surface area contributed by atoms with E-state index >= 15 is 0 Å². The van der Waals surface area contributed by atoms with Crippen molar-refractivity contribution in [3.63, 3.8) is 0 Å². The molecule has 0 aliphatic rings. The van der Waals surface area contributed by atoms with Crippen LogP contribution in [-0.4, -0.2) is 11.1 Å². The van der Waals surface area contributed by atoms with E-state index in [1.807, 2.05) is 0 Å². The summed E-state index contributed by atoms with van der Waals surface area (Å²) in [4.78, 5) is 0. The van der Waals surface area contributed by atoms with Crippen LogP contribution in [0.15, 0.2) is 0 Å². The molecule has 22 heavy (non-hydrogen) atoms.